The molecule has 2 saturated heterocycles. The Hall–Kier alpha value is -2.16. The zero-order valence-electron chi connectivity index (χ0n) is 20.8. The summed E-state index contributed by atoms with van der Waals surface area (Å²) in [6.07, 6.45) is 4.83. The highest BCUT2D eigenvalue weighted by Crippen LogP contribution is 2.22. The molecule has 1 atom stereocenters. The van der Waals surface area contributed by atoms with Crippen LogP contribution >= 0.6 is 0 Å². The highest BCUT2D eigenvalue weighted by atomic mass is 16.3. The number of rotatable bonds is 11. The summed E-state index contributed by atoms with van der Waals surface area (Å²) in [7, 11) is 0. The van der Waals surface area contributed by atoms with Crippen LogP contribution in [0.1, 0.15) is 44.6 Å². The Morgan fingerprint density at radius 2 is 1.65 bits per heavy atom. The van der Waals surface area contributed by atoms with Crippen LogP contribution in [0.5, 0.6) is 5.75 Å². The summed E-state index contributed by atoms with van der Waals surface area (Å²) >= 11 is 0. The van der Waals surface area contributed by atoms with Gasteiger partial charge in [-0.1, -0.05) is 19.1 Å². The summed E-state index contributed by atoms with van der Waals surface area (Å²) in [5, 5.41) is 12.5. The van der Waals surface area contributed by atoms with Crippen molar-refractivity contribution in [2.75, 3.05) is 58.9 Å². The number of likely N-dealkylation sites (tertiary alicyclic amines) is 1. The number of phenolic OH excluding ortho intramolecular Hbond substituents is 1. The zero-order valence-corrected chi connectivity index (χ0v) is 20.8. The third-order valence-electron chi connectivity index (χ3n) is 7.18. The second kappa shape index (κ2) is 13.7. The van der Waals surface area contributed by atoms with Crippen molar-refractivity contribution in [3.05, 3.63) is 29.8 Å². The minimum absolute atomic E-state index is 0.00648. The fraction of sp³-hybridized carbons (Fsp3) is 0.692. The van der Waals surface area contributed by atoms with E-state index in [1.165, 1.54) is 6.42 Å². The van der Waals surface area contributed by atoms with Gasteiger partial charge in [-0.25, -0.2) is 0 Å². The number of amides is 2. The molecule has 2 heterocycles. The predicted molar refractivity (Wildman–Crippen MR) is 135 cm³/mol. The Morgan fingerprint density at radius 1 is 1.03 bits per heavy atom. The van der Waals surface area contributed by atoms with Gasteiger partial charge >= 0.3 is 0 Å². The maximum atomic E-state index is 13.3. The number of aromatic hydroxyl groups is 1. The molecule has 1 aromatic rings. The number of carbonyl (C=O) groups excluding carboxylic acids is 2. The molecular weight excluding hydrogens is 430 g/mol. The molecule has 2 aliphatic heterocycles. The third-order valence-corrected chi connectivity index (χ3v) is 7.18. The summed E-state index contributed by atoms with van der Waals surface area (Å²) in [4.78, 5) is 32.6. The minimum Gasteiger partial charge on any atom is -0.508 e. The van der Waals surface area contributed by atoms with Gasteiger partial charge in [0.05, 0.1) is 0 Å². The van der Waals surface area contributed by atoms with Crippen LogP contribution in [0.15, 0.2) is 24.3 Å². The van der Waals surface area contributed by atoms with E-state index in [0.717, 1.165) is 83.7 Å². The number of nitrogens with one attached hydrogen (secondary N) is 1. The molecule has 0 bridgehead atoms. The van der Waals surface area contributed by atoms with Gasteiger partial charge in [-0.15, -0.1) is 0 Å². The second-order valence-electron chi connectivity index (χ2n) is 9.77. The highest BCUT2D eigenvalue weighted by molar-refractivity contribution is 5.88. The molecule has 4 N–H and O–H groups in total. The van der Waals surface area contributed by atoms with Gasteiger partial charge in [0.25, 0.3) is 0 Å². The number of piperidine rings is 1. The van der Waals surface area contributed by atoms with Crippen molar-refractivity contribution in [2.45, 2.75) is 51.5 Å². The Labute approximate surface area is 204 Å². The minimum atomic E-state index is -0.565. The average molecular weight is 474 g/mol. The number of piperazine rings is 1. The third kappa shape index (κ3) is 8.25. The van der Waals surface area contributed by atoms with Crippen LogP contribution in [0.25, 0.3) is 0 Å². The Kier molecular flexibility index (Phi) is 10.6. The number of carbonyl (C=O) groups is 2. The topological polar surface area (TPSA) is 102 Å². The molecule has 3 rings (SSSR count). The van der Waals surface area contributed by atoms with E-state index in [-0.39, 0.29) is 17.6 Å². The lowest BCUT2D eigenvalue weighted by atomic mass is 9.92. The van der Waals surface area contributed by atoms with Crippen LogP contribution < -0.4 is 11.1 Å². The van der Waals surface area contributed by atoms with Crippen molar-refractivity contribution in [1.82, 2.24) is 20.0 Å². The van der Waals surface area contributed by atoms with E-state index in [4.69, 9.17) is 5.73 Å². The Morgan fingerprint density at radius 3 is 2.24 bits per heavy atom. The second-order valence-corrected chi connectivity index (χ2v) is 9.77. The number of benzene rings is 1. The number of hydrogen-bond donors (Lipinski definition) is 3. The Bertz CT molecular complexity index is 756. The van der Waals surface area contributed by atoms with E-state index in [0.29, 0.717) is 18.8 Å². The average Bonchev–Trinajstić information content (AvgIpc) is 2.85. The lowest BCUT2D eigenvalue weighted by molar-refractivity contribution is -0.137. The van der Waals surface area contributed by atoms with E-state index < -0.39 is 6.04 Å². The molecule has 0 spiro atoms. The Balaban J connectivity index is 1.46. The van der Waals surface area contributed by atoms with Crippen molar-refractivity contribution in [3.8, 4) is 5.75 Å². The fourth-order valence-electron chi connectivity index (χ4n) is 5.01. The van der Waals surface area contributed by atoms with E-state index >= 15 is 0 Å². The number of phenols is 1. The molecular formula is C26H43N5O3. The maximum Gasteiger partial charge on any atom is 0.245 e. The summed E-state index contributed by atoms with van der Waals surface area (Å²) < 4.78 is 0. The van der Waals surface area contributed by atoms with E-state index in [1.54, 1.807) is 12.1 Å². The summed E-state index contributed by atoms with van der Waals surface area (Å²) in [6.45, 7) is 10.8. The van der Waals surface area contributed by atoms with Crippen LogP contribution in [0, 0.1) is 5.92 Å². The van der Waals surface area contributed by atoms with Gasteiger partial charge in [0.1, 0.15) is 11.8 Å². The van der Waals surface area contributed by atoms with Crippen LogP contribution in [0.2, 0.25) is 0 Å². The number of nitrogens with zero attached hydrogens (tertiary/aromatic N) is 3. The predicted octanol–water partition coefficient (Wildman–Crippen LogP) is 1.42. The standard InChI is InChI=1S/C26H43N5O3/c1-2-3-25(33)28-24(20-22-4-6-23(32)7-5-22)26(34)31-13-9-21(10-14-31)8-12-29-16-18-30(15-11-27)19-17-29/h4-7,21,24,32H,2-3,8-20,27H2,1H3,(H,28,33)/t24-/m0/s1. The first-order valence-corrected chi connectivity index (χ1v) is 13.0. The lowest BCUT2D eigenvalue weighted by Crippen LogP contribution is -2.52. The van der Waals surface area contributed by atoms with Crippen LogP contribution in [0.3, 0.4) is 0 Å². The van der Waals surface area contributed by atoms with Crippen molar-refractivity contribution < 1.29 is 14.7 Å². The van der Waals surface area contributed by atoms with Gasteiger partial charge in [0, 0.05) is 65.2 Å². The number of nitrogens with two attached hydrogens (primary N) is 1. The first-order chi connectivity index (χ1) is 16.5. The first kappa shape index (κ1) is 26.4. The van der Waals surface area contributed by atoms with Crippen molar-refractivity contribution in [3.63, 3.8) is 0 Å². The van der Waals surface area contributed by atoms with Gasteiger partial charge in [-0.05, 0) is 55.8 Å². The van der Waals surface area contributed by atoms with E-state index in [9.17, 15) is 14.7 Å². The van der Waals surface area contributed by atoms with Gasteiger partial charge in [0.2, 0.25) is 11.8 Å². The fourth-order valence-corrected chi connectivity index (χ4v) is 5.01. The SMILES string of the molecule is CCCC(=O)N[C@@H](Cc1ccc(O)cc1)C(=O)N1CCC(CCN2CCN(CCN)CC2)CC1. The monoisotopic (exact) mass is 473 g/mol. The maximum absolute atomic E-state index is 13.3. The van der Waals surface area contributed by atoms with E-state index in [1.807, 2.05) is 24.0 Å². The molecule has 0 aromatic heterocycles. The molecule has 190 valence electrons. The molecule has 2 amide bonds. The van der Waals surface area contributed by atoms with E-state index in [2.05, 4.69) is 15.1 Å². The van der Waals surface area contributed by atoms with Crippen LogP contribution in [-0.2, 0) is 16.0 Å². The smallest absolute Gasteiger partial charge is 0.245 e. The van der Waals surface area contributed by atoms with Crippen molar-refractivity contribution >= 4 is 11.8 Å². The van der Waals surface area contributed by atoms with Gasteiger partial charge in [0.15, 0.2) is 0 Å². The first-order valence-electron chi connectivity index (χ1n) is 13.0. The van der Waals surface area contributed by atoms with Crippen LogP contribution in [-0.4, -0.2) is 96.6 Å². The molecule has 1 aromatic carbocycles. The summed E-state index contributed by atoms with van der Waals surface area (Å²) in [5.74, 6) is 0.769. The lowest BCUT2D eigenvalue weighted by Gasteiger charge is -2.37. The highest BCUT2D eigenvalue weighted by Gasteiger charge is 2.29. The molecule has 2 fully saturated rings. The molecule has 34 heavy (non-hydrogen) atoms. The summed E-state index contributed by atoms with van der Waals surface area (Å²) in [5.41, 5.74) is 6.59. The molecule has 0 radical (unpaired) electrons. The molecule has 8 nitrogen and oxygen atoms in total. The van der Waals surface area contributed by atoms with Gasteiger partial charge < -0.3 is 26.0 Å². The number of hydrogen-bond acceptors (Lipinski definition) is 6. The molecule has 0 saturated carbocycles. The van der Waals surface area contributed by atoms with Crippen LogP contribution in [0.4, 0.5) is 0 Å². The zero-order chi connectivity index (χ0) is 24.3. The van der Waals surface area contributed by atoms with Crippen molar-refractivity contribution in [2.24, 2.45) is 11.7 Å². The largest absolute Gasteiger partial charge is 0.508 e. The summed E-state index contributed by atoms with van der Waals surface area (Å²) in [6, 6.07) is 6.29. The quantitative estimate of drug-likeness (QED) is 0.449. The molecule has 0 unspecified atom stereocenters. The molecule has 8 heteroatoms. The van der Waals surface area contributed by atoms with Gasteiger partial charge in [-0.3, -0.25) is 14.5 Å². The normalized spacial score (nSPS) is 19.2. The molecule has 0 aliphatic carbocycles. The van der Waals surface area contributed by atoms with Crippen molar-refractivity contribution in [1.29, 1.82) is 0 Å². The molecule has 2 aliphatic rings. The van der Waals surface area contributed by atoms with Gasteiger partial charge in [-0.2, -0.15) is 0 Å².